The second kappa shape index (κ2) is 6.04. The molecule has 0 bridgehead atoms. The summed E-state index contributed by atoms with van der Waals surface area (Å²) in [5.74, 6) is -5.91. The lowest BCUT2D eigenvalue weighted by Crippen LogP contribution is -2.26. The molecule has 1 atom stereocenters. The highest BCUT2D eigenvalue weighted by molar-refractivity contribution is 5.91. The van der Waals surface area contributed by atoms with Crippen LogP contribution in [-0.4, -0.2) is 10.9 Å². The lowest BCUT2D eigenvalue weighted by molar-refractivity contribution is -0.152. The van der Waals surface area contributed by atoms with Crippen molar-refractivity contribution in [2.24, 2.45) is 5.73 Å². The number of aromatic nitrogens is 1. The van der Waals surface area contributed by atoms with Crippen LogP contribution in [0.25, 0.3) is 11.5 Å². The number of oxazole rings is 1. The number of hydrogen-bond donors (Lipinski definition) is 1. The predicted octanol–water partition coefficient (Wildman–Crippen LogP) is 4.36. The zero-order valence-electron chi connectivity index (χ0n) is 13.7. The molecule has 0 saturated heterocycles. The van der Waals surface area contributed by atoms with E-state index in [9.17, 15) is 26.7 Å². The Labute approximate surface area is 153 Å². The Morgan fingerprint density at radius 3 is 2.43 bits per heavy atom. The molecule has 1 aromatic heterocycles. The molecule has 0 spiro atoms. The van der Waals surface area contributed by atoms with Gasteiger partial charge in [0.25, 0.3) is 0 Å². The number of nitrogens with two attached hydrogens (primary N) is 1. The van der Waals surface area contributed by atoms with Gasteiger partial charge in [0.05, 0.1) is 12.1 Å². The second-order valence-corrected chi connectivity index (χ2v) is 6.01. The van der Waals surface area contributed by atoms with Crippen LogP contribution in [0.4, 0.5) is 22.0 Å². The first-order chi connectivity index (χ1) is 13.1. The normalized spacial score (nSPS) is 15.5. The number of alkyl halides is 3. The topological polar surface area (TPSA) is 78.4 Å². The van der Waals surface area contributed by atoms with Crippen LogP contribution in [0.2, 0.25) is 0 Å². The molecule has 2 heterocycles. The van der Waals surface area contributed by atoms with E-state index < -0.39 is 41.3 Å². The third kappa shape index (κ3) is 2.86. The van der Waals surface area contributed by atoms with E-state index in [0.29, 0.717) is 6.20 Å². The molecule has 0 aliphatic carbocycles. The highest BCUT2D eigenvalue weighted by Crippen LogP contribution is 2.48. The maximum absolute atomic E-state index is 14.1. The van der Waals surface area contributed by atoms with Crippen molar-refractivity contribution in [2.45, 2.75) is 12.1 Å². The molecule has 2 N–H and O–H groups in total. The highest BCUT2D eigenvalue weighted by Gasteiger charge is 2.38. The Bertz CT molecular complexity index is 1110. The molecule has 4 rings (SSSR count). The van der Waals surface area contributed by atoms with E-state index in [2.05, 4.69) is 4.98 Å². The Kier molecular flexibility index (Phi) is 3.88. The van der Waals surface area contributed by atoms with Gasteiger partial charge >= 0.3 is 6.18 Å². The van der Waals surface area contributed by atoms with Crippen LogP contribution in [0.5, 0.6) is 11.5 Å². The van der Waals surface area contributed by atoms with Gasteiger partial charge in [-0.05, 0) is 12.1 Å². The van der Waals surface area contributed by atoms with Gasteiger partial charge in [0, 0.05) is 28.8 Å². The average Bonchev–Trinajstić information content (AvgIpc) is 3.08. The molecule has 1 aliphatic rings. The number of nitrogens with zero attached hydrogens (tertiary/aromatic N) is 1. The largest absolute Gasteiger partial charge is 0.456 e. The summed E-state index contributed by atoms with van der Waals surface area (Å²) >= 11 is 0. The van der Waals surface area contributed by atoms with Crippen LogP contribution < -0.4 is 10.5 Å². The lowest BCUT2D eigenvalue weighted by Gasteiger charge is -2.27. The van der Waals surface area contributed by atoms with Crippen molar-refractivity contribution in [3.8, 4) is 23.0 Å². The number of fused-ring (bicyclic) bond motifs is 2. The van der Waals surface area contributed by atoms with Crippen molar-refractivity contribution in [2.75, 3.05) is 0 Å². The monoisotopic (exact) mass is 396 g/mol. The molecule has 0 fully saturated rings. The molecular weight excluding hydrogens is 387 g/mol. The minimum atomic E-state index is -4.80. The molecular formula is C18H9F5N2O3. The Balaban J connectivity index is 1.95. The SMILES string of the molecule is NC(=O)C1c2ccc(F)cc2Oc2cc(F)cc(-c3ncc(C(F)(F)F)o3)c21. The van der Waals surface area contributed by atoms with E-state index in [1.807, 2.05) is 0 Å². The smallest absolute Gasteiger partial charge is 0.451 e. The molecule has 3 aromatic rings. The van der Waals surface area contributed by atoms with E-state index in [-0.39, 0.29) is 28.2 Å². The Hall–Kier alpha value is -3.43. The molecule has 0 saturated carbocycles. The summed E-state index contributed by atoms with van der Waals surface area (Å²) in [7, 11) is 0. The van der Waals surface area contributed by atoms with E-state index in [1.165, 1.54) is 6.07 Å². The van der Waals surface area contributed by atoms with Gasteiger partial charge in [-0.3, -0.25) is 4.79 Å². The maximum Gasteiger partial charge on any atom is 0.451 e. The number of primary amides is 1. The van der Waals surface area contributed by atoms with Crippen LogP contribution in [0.15, 0.2) is 40.9 Å². The van der Waals surface area contributed by atoms with E-state index in [4.69, 9.17) is 14.9 Å². The van der Waals surface area contributed by atoms with E-state index >= 15 is 0 Å². The molecule has 1 amide bonds. The minimum Gasteiger partial charge on any atom is -0.456 e. The van der Waals surface area contributed by atoms with Crippen molar-refractivity contribution in [3.05, 3.63) is 65.1 Å². The zero-order valence-corrected chi connectivity index (χ0v) is 13.7. The number of rotatable bonds is 2. The quantitative estimate of drug-likeness (QED) is 0.653. The fourth-order valence-corrected chi connectivity index (χ4v) is 3.09. The average molecular weight is 396 g/mol. The third-order valence-electron chi connectivity index (χ3n) is 4.20. The van der Waals surface area contributed by atoms with Gasteiger partial charge in [-0.2, -0.15) is 13.2 Å². The number of carbonyl (C=O) groups excluding carboxylic acids is 1. The zero-order chi connectivity index (χ0) is 20.2. The first-order valence-electron chi connectivity index (χ1n) is 7.78. The summed E-state index contributed by atoms with van der Waals surface area (Å²) in [6, 6.07) is 5.09. The van der Waals surface area contributed by atoms with Crippen LogP contribution in [0, 0.1) is 11.6 Å². The van der Waals surface area contributed by atoms with E-state index in [1.54, 1.807) is 0 Å². The molecule has 144 valence electrons. The van der Waals surface area contributed by atoms with Gasteiger partial charge in [-0.15, -0.1) is 0 Å². The van der Waals surface area contributed by atoms with E-state index in [0.717, 1.165) is 24.3 Å². The van der Waals surface area contributed by atoms with Crippen molar-refractivity contribution in [1.29, 1.82) is 0 Å². The summed E-state index contributed by atoms with van der Waals surface area (Å²) in [6.45, 7) is 0. The molecule has 10 heteroatoms. The number of carbonyl (C=O) groups is 1. The number of amides is 1. The Morgan fingerprint density at radius 1 is 1.07 bits per heavy atom. The summed E-state index contributed by atoms with van der Waals surface area (Å²) in [6.07, 6.45) is -4.36. The molecule has 28 heavy (non-hydrogen) atoms. The highest BCUT2D eigenvalue weighted by atomic mass is 19.4. The van der Waals surface area contributed by atoms with Crippen LogP contribution in [0.3, 0.4) is 0 Å². The fourth-order valence-electron chi connectivity index (χ4n) is 3.09. The van der Waals surface area contributed by atoms with Crippen LogP contribution in [0.1, 0.15) is 22.8 Å². The summed E-state index contributed by atoms with van der Waals surface area (Å²) in [5, 5.41) is 0. The van der Waals surface area contributed by atoms with Gasteiger partial charge in [-0.25, -0.2) is 13.8 Å². The van der Waals surface area contributed by atoms with Gasteiger partial charge in [-0.1, -0.05) is 6.07 Å². The fraction of sp³-hybridized carbons (Fsp3) is 0.111. The molecule has 5 nitrogen and oxygen atoms in total. The van der Waals surface area contributed by atoms with Crippen LogP contribution in [-0.2, 0) is 11.0 Å². The Morgan fingerprint density at radius 2 is 1.79 bits per heavy atom. The summed E-state index contributed by atoms with van der Waals surface area (Å²) in [4.78, 5) is 15.7. The second-order valence-electron chi connectivity index (χ2n) is 6.01. The van der Waals surface area contributed by atoms with Crippen molar-refractivity contribution < 1.29 is 35.9 Å². The maximum atomic E-state index is 14.1. The molecule has 1 unspecified atom stereocenters. The predicted molar refractivity (Wildman–Crippen MR) is 84.4 cm³/mol. The lowest BCUT2D eigenvalue weighted by atomic mass is 9.84. The minimum absolute atomic E-state index is 0.0245. The number of hydrogen-bond acceptors (Lipinski definition) is 4. The number of halogens is 5. The van der Waals surface area contributed by atoms with Gasteiger partial charge in [0.1, 0.15) is 23.1 Å². The van der Waals surface area contributed by atoms with Crippen molar-refractivity contribution >= 4 is 5.91 Å². The van der Waals surface area contributed by atoms with Gasteiger partial charge < -0.3 is 14.9 Å². The first-order valence-corrected chi connectivity index (χ1v) is 7.78. The summed E-state index contributed by atoms with van der Waals surface area (Å²) < 4.78 is 76.3. The molecule has 1 aliphatic heterocycles. The van der Waals surface area contributed by atoms with Gasteiger partial charge in [0.15, 0.2) is 0 Å². The first kappa shape index (κ1) is 18.0. The standard InChI is InChI=1S/C18H9F5N2O3/c19-7-1-2-9-11(4-7)27-12-5-8(20)3-10(14(12)15(9)16(24)26)17-25-6-13(28-17)18(21,22)23/h1-6,15H,(H2,24,26). The van der Waals surface area contributed by atoms with Crippen molar-refractivity contribution in [1.82, 2.24) is 4.98 Å². The van der Waals surface area contributed by atoms with Gasteiger partial charge in [0.2, 0.25) is 17.6 Å². The molecule has 2 aromatic carbocycles. The number of benzene rings is 2. The number of ether oxygens (including phenoxy) is 1. The van der Waals surface area contributed by atoms with Crippen molar-refractivity contribution in [3.63, 3.8) is 0 Å². The van der Waals surface area contributed by atoms with Crippen LogP contribution >= 0.6 is 0 Å². The third-order valence-corrected chi connectivity index (χ3v) is 4.20. The molecule has 0 radical (unpaired) electrons. The summed E-state index contributed by atoms with van der Waals surface area (Å²) in [5.41, 5.74) is 5.40.